The molecule has 0 unspecified atom stereocenters. The Morgan fingerprint density at radius 2 is 1.78 bits per heavy atom. The van der Waals surface area contributed by atoms with Gasteiger partial charge in [0.15, 0.2) is 6.10 Å². The molecule has 2 atom stereocenters. The molecule has 8 nitrogen and oxygen atoms in total. The quantitative estimate of drug-likeness (QED) is 0.586. The number of primary amides is 1. The van der Waals surface area contributed by atoms with E-state index in [1.165, 1.54) is 25.1 Å². The van der Waals surface area contributed by atoms with E-state index in [-0.39, 0.29) is 22.9 Å². The summed E-state index contributed by atoms with van der Waals surface area (Å²) < 4.78 is 5.03. The van der Waals surface area contributed by atoms with Gasteiger partial charge in [0.05, 0.1) is 10.6 Å². The first-order valence-corrected chi connectivity index (χ1v) is 8.83. The molecule has 1 aromatic rings. The molecule has 148 valence electrons. The van der Waals surface area contributed by atoms with Crippen molar-refractivity contribution in [2.75, 3.05) is 0 Å². The third-order valence-corrected chi connectivity index (χ3v) is 3.93. The standard InChI is InChI=1S/C17H21Cl2N3O5/c1-8(2)6-13(16(25)27-9(3)14(23)22-17(20)26)21-15(24)11-5-4-10(18)7-12(11)19/h4-5,7-9,13H,6H2,1-3H3,(H,21,24)(H3,20,22,23,26)/t9-,13+/m0/s1. The number of hydrogen-bond donors (Lipinski definition) is 3. The molecule has 10 heteroatoms. The molecule has 0 aliphatic rings. The lowest BCUT2D eigenvalue weighted by molar-refractivity contribution is -0.156. The number of ether oxygens (including phenoxy) is 1. The summed E-state index contributed by atoms with van der Waals surface area (Å²) >= 11 is 11.8. The number of amides is 4. The number of hydrogen-bond acceptors (Lipinski definition) is 5. The molecule has 0 aliphatic heterocycles. The van der Waals surface area contributed by atoms with Crippen LogP contribution >= 0.6 is 23.2 Å². The maximum atomic E-state index is 12.5. The summed E-state index contributed by atoms with van der Waals surface area (Å²) in [6.07, 6.45) is -1.00. The number of nitrogens with one attached hydrogen (secondary N) is 2. The fourth-order valence-electron chi connectivity index (χ4n) is 2.13. The van der Waals surface area contributed by atoms with Crippen LogP contribution in [0.2, 0.25) is 10.0 Å². The third-order valence-electron chi connectivity index (χ3n) is 3.38. The Kier molecular flexibility index (Phi) is 8.52. The molecular weight excluding hydrogens is 397 g/mol. The second-order valence-corrected chi connectivity index (χ2v) is 7.06. The van der Waals surface area contributed by atoms with E-state index in [4.69, 9.17) is 33.7 Å². The lowest BCUT2D eigenvalue weighted by Gasteiger charge is -2.21. The fraction of sp³-hybridized carbons (Fsp3) is 0.412. The van der Waals surface area contributed by atoms with Gasteiger partial charge in [-0.2, -0.15) is 0 Å². The zero-order valence-corrected chi connectivity index (χ0v) is 16.6. The molecule has 0 aromatic heterocycles. The molecule has 0 saturated heterocycles. The van der Waals surface area contributed by atoms with Gasteiger partial charge in [-0.25, -0.2) is 9.59 Å². The van der Waals surface area contributed by atoms with Crippen LogP contribution in [-0.2, 0) is 14.3 Å². The van der Waals surface area contributed by atoms with E-state index in [1.807, 2.05) is 19.2 Å². The normalized spacial score (nSPS) is 12.8. The summed E-state index contributed by atoms with van der Waals surface area (Å²) in [5.41, 5.74) is 4.99. The SMILES string of the molecule is CC(C)C[C@@H](NC(=O)c1ccc(Cl)cc1Cl)C(=O)O[C@@H](C)C(=O)NC(N)=O. The molecule has 0 fully saturated rings. The van der Waals surface area contributed by atoms with Gasteiger partial charge in [-0.1, -0.05) is 37.0 Å². The van der Waals surface area contributed by atoms with E-state index in [9.17, 15) is 19.2 Å². The number of carbonyl (C=O) groups is 4. The topological polar surface area (TPSA) is 128 Å². The highest BCUT2D eigenvalue weighted by atomic mass is 35.5. The summed E-state index contributed by atoms with van der Waals surface area (Å²) in [5.74, 6) is -2.24. The minimum Gasteiger partial charge on any atom is -0.451 e. The Hall–Kier alpha value is -2.32. The molecule has 0 spiro atoms. The Morgan fingerprint density at radius 1 is 1.15 bits per heavy atom. The predicted molar refractivity (Wildman–Crippen MR) is 100 cm³/mol. The minimum absolute atomic E-state index is 0.0401. The maximum Gasteiger partial charge on any atom is 0.329 e. The van der Waals surface area contributed by atoms with Crippen LogP contribution in [0.15, 0.2) is 18.2 Å². The average molecular weight is 418 g/mol. The summed E-state index contributed by atoms with van der Waals surface area (Å²) in [6, 6.07) is 2.25. The van der Waals surface area contributed by atoms with Crippen molar-refractivity contribution < 1.29 is 23.9 Å². The molecular formula is C17H21Cl2N3O5. The lowest BCUT2D eigenvalue weighted by Crippen LogP contribution is -2.47. The van der Waals surface area contributed by atoms with Crippen molar-refractivity contribution in [2.24, 2.45) is 11.7 Å². The third kappa shape index (κ3) is 7.44. The van der Waals surface area contributed by atoms with E-state index >= 15 is 0 Å². The molecule has 0 bridgehead atoms. The van der Waals surface area contributed by atoms with Crippen LogP contribution in [0.25, 0.3) is 0 Å². The number of halogens is 2. The highest BCUT2D eigenvalue weighted by Crippen LogP contribution is 2.21. The maximum absolute atomic E-state index is 12.5. The zero-order chi connectivity index (χ0) is 20.7. The summed E-state index contributed by atoms with van der Waals surface area (Å²) in [4.78, 5) is 47.2. The van der Waals surface area contributed by atoms with Crippen LogP contribution < -0.4 is 16.4 Å². The number of rotatable bonds is 7. The number of imide groups is 1. The van der Waals surface area contributed by atoms with Crippen molar-refractivity contribution in [3.8, 4) is 0 Å². The summed E-state index contributed by atoms with van der Waals surface area (Å²) in [7, 11) is 0. The lowest BCUT2D eigenvalue weighted by atomic mass is 10.0. The molecule has 0 radical (unpaired) electrons. The van der Waals surface area contributed by atoms with Crippen LogP contribution in [0.3, 0.4) is 0 Å². The molecule has 1 rings (SSSR count). The number of nitrogens with two attached hydrogens (primary N) is 1. The molecule has 0 aliphatic carbocycles. The van der Waals surface area contributed by atoms with Gasteiger partial charge in [0.25, 0.3) is 11.8 Å². The highest BCUT2D eigenvalue weighted by molar-refractivity contribution is 6.36. The molecule has 0 heterocycles. The van der Waals surface area contributed by atoms with Crippen molar-refractivity contribution in [1.82, 2.24) is 10.6 Å². The van der Waals surface area contributed by atoms with Crippen LogP contribution in [0.4, 0.5) is 4.79 Å². The first-order valence-electron chi connectivity index (χ1n) is 8.08. The van der Waals surface area contributed by atoms with E-state index in [0.29, 0.717) is 5.02 Å². The molecule has 4 N–H and O–H groups in total. The van der Waals surface area contributed by atoms with Crippen molar-refractivity contribution in [3.63, 3.8) is 0 Å². The zero-order valence-electron chi connectivity index (χ0n) is 15.0. The van der Waals surface area contributed by atoms with Gasteiger partial charge in [-0.3, -0.25) is 14.9 Å². The Morgan fingerprint density at radius 3 is 2.30 bits per heavy atom. The summed E-state index contributed by atoms with van der Waals surface area (Å²) in [6.45, 7) is 4.98. The Balaban J connectivity index is 2.88. The van der Waals surface area contributed by atoms with Crippen molar-refractivity contribution in [2.45, 2.75) is 39.3 Å². The van der Waals surface area contributed by atoms with Crippen molar-refractivity contribution >= 4 is 47.0 Å². The highest BCUT2D eigenvalue weighted by Gasteiger charge is 2.28. The van der Waals surface area contributed by atoms with Gasteiger partial charge in [0.1, 0.15) is 6.04 Å². The first kappa shape index (κ1) is 22.7. The van der Waals surface area contributed by atoms with Gasteiger partial charge in [-0.15, -0.1) is 0 Å². The van der Waals surface area contributed by atoms with Gasteiger partial charge in [-0.05, 0) is 37.5 Å². The van der Waals surface area contributed by atoms with Crippen molar-refractivity contribution in [3.05, 3.63) is 33.8 Å². The Labute approximate surface area is 166 Å². The fourth-order valence-corrected chi connectivity index (χ4v) is 2.62. The molecule has 1 aromatic carbocycles. The molecule has 0 saturated carbocycles. The summed E-state index contributed by atoms with van der Waals surface area (Å²) in [5, 5.41) is 4.85. The second-order valence-electron chi connectivity index (χ2n) is 6.21. The van der Waals surface area contributed by atoms with Crippen molar-refractivity contribution in [1.29, 1.82) is 0 Å². The van der Waals surface area contributed by atoms with Gasteiger partial charge in [0.2, 0.25) is 0 Å². The average Bonchev–Trinajstić information content (AvgIpc) is 2.52. The second kappa shape index (κ2) is 10.1. The number of esters is 1. The van der Waals surface area contributed by atoms with E-state index in [2.05, 4.69) is 5.32 Å². The Bertz CT molecular complexity index is 739. The number of urea groups is 1. The smallest absolute Gasteiger partial charge is 0.329 e. The monoisotopic (exact) mass is 417 g/mol. The molecule has 4 amide bonds. The van der Waals surface area contributed by atoms with E-state index in [0.717, 1.165) is 0 Å². The predicted octanol–water partition coefficient (Wildman–Crippen LogP) is 2.26. The van der Waals surface area contributed by atoms with Crippen LogP contribution in [0, 0.1) is 5.92 Å². The van der Waals surface area contributed by atoms with Gasteiger partial charge >= 0.3 is 12.0 Å². The van der Waals surface area contributed by atoms with E-state index in [1.54, 1.807) is 0 Å². The largest absolute Gasteiger partial charge is 0.451 e. The number of carbonyl (C=O) groups excluding carboxylic acids is 4. The first-order chi connectivity index (χ1) is 12.5. The minimum atomic E-state index is -1.27. The van der Waals surface area contributed by atoms with Crippen LogP contribution in [0.1, 0.15) is 37.6 Å². The van der Waals surface area contributed by atoms with Crippen LogP contribution in [-0.4, -0.2) is 36.0 Å². The van der Waals surface area contributed by atoms with E-state index < -0.39 is 36.0 Å². The van der Waals surface area contributed by atoms with Gasteiger partial charge in [0, 0.05) is 5.02 Å². The molecule has 27 heavy (non-hydrogen) atoms. The van der Waals surface area contributed by atoms with Gasteiger partial charge < -0.3 is 15.8 Å². The van der Waals surface area contributed by atoms with Crippen LogP contribution in [0.5, 0.6) is 0 Å². The number of benzene rings is 1.